The van der Waals surface area contributed by atoms with Gasteiger partial charge in [-0.25, -0.2) is 0 Å². The van der Waals surface area contributed by atoms with Gasteiger partial charge in [-0.1, -0.05) is 32.0 Å². The summed E-state index contributed by atoms with van der Waals surface area (Å²) in [6, 6.07) is 16.8. The SMILES string of the molecule is CC(C)C(=O)Nc1ccc(/N=N/c2ccccc2)cc1. The van der Waals surface area contributed by atoms with Crippen LogP contribution in [0.25, 0.3) is 0 Å². The predicted octanol–water partition coefficient (Wildman–Crippen LogP) is 4.70. The van der Waals surface area contributed by atoms with Crippen LogP contribution in [0.4, 0.5) is 17.1 Å². The molecule has 1 N–H and O–H groups in total. The van der Waals surface area contributed by atoms with Crippen LogP contribution in [0.3, 0.4) is 0 Å². The van der Waals surface area contributed by atoms with Gasteiger partial charge < -0.3 is 5.32 Å². The van der Waals surface area contributed by atoms with Crippen LogP contribution in [0.5, 0.6) is 0 Å². The maximum atomic E-state index is 11.6. The van der Waals surface area contributed by atoms with Gasteiger partial charge in [-0.2, -0.15) is 10.2 Å². The molecule has 0 bridgehead atoms. The number of nitrogens with zero attached hydrogens (tertiary/aromatic N) is 2. The number of nitrogens with one attached hydrogen (secondary N) is 1. The zero-order chi connectivity index (χ0) is 14.4. The van der Waals surface area contributed by atoms with Crippen LogP contribution in [-0.2, 0) is 4.79 Å². The van der Waals surface area contributed by atoms with Crippen LogP contribution in [0.2, 0.25) is 0 Å². The highest BCUT2D eigenvalue weighted by Crippen LogP contribution is 2.20. The van der Waals surface area contributed by atoms with Crippen molar-refractivity contribution >= 4 is 23.0 Å². The number of benzene rings is 2. The summed E-state index contributed by atoms with van der Waals surface area (Å²) in [4.78, 5) is 11.6. The molecule has 0 aliphatic carbocycles. The van der Waals surface area contributed by atoms with Gasteiger partial charge in [-0.3, -0.25) is 4.79 Å². The second-order valence-corrected chi connectivity index (χ2v) is 4.73. The van der Waals surface area contributed by atoms with Crippen LogP contribution >= 0.6 is 0 Å². The first-order valence-electron chi connectivity index (χ1n) is 6.53. The van der Waals surface area contributed by atoms with Gasteiger partial charge in [0, 0.05) is 11.6 Å². The first-order valence-corrected chi connectivity index (χ1v) is 6.53. The van der Waals surface area contributed by atoms with Crippen molar-refractivity contribution in [1.29, 1.82) is 0 Å². The van der Waals surface area contributed by atoms with E-state index in [0.29, 0.717) is 0 Å². The van der Waals surface area contributed by atoms with E-state index in [9.17, 15) is 4.79 Å². The maximum absolute atomic E-state index is 11.6. The summed E-state index contributed by atoms with van der Waals surface area (Å²) in [5.41, 5.74) is 2.32. The van der Waals surface area contributed by atoms with Gasteiger partial charge >= 0.3 is 0 Å². The molecule has 4 heteroatoms. The van der Waals surface area contributed by atoms with Crippen molar-refractivity contribution in [1.82, 2.24) is 0 Å². The summed E-state index contributed by atoms with van der Waals surface area (Å²) >= 11 is 0. The molecule has 2 aromatic carbocycles. The first kappa shape index (κ1) is 13.9. The second kappa shape index (κ2) is 6.61. The number of anilines is 1. The average Bonchev–Trinajstić information content (AvgIpc) is 2.47. The minimum absolute atomic E-state index is 0.00339. The molecule has 0 spiro atoms. The topological polar surface area (TPSA) is 53.8 Å². The molecule has 20 heavy (non-hydrogen) atoms. The van der Waals surface area contributed by atoms with Gasteiger partial charge in [0.05, 0.1) is 11.4 Å². The number of rotatable bonds is 4. The standard InChI is InChI=1S/C16H17N3O/c1-12(2)16(20)17-13-8-10-15(11-9-13)19-18-14-6-4-3-5-7-14/h3-12H,1-2H3,(H,17,20)/b19-18+. The molecule has 102 valence electrons. The average molecular weight is 267 g/mol. The second-order valence-electron chi connectivity index (χ2n) is 4.73. The summed E-state index contributed by atoms with van der Waals surface area (Å²) < 4.78 is 0. The Balaban J connectivity index is 2.02. The Hall–Kier alpha value is -2.49. The van der Waals surface area contributed by atoms with E-state index >= 15 is 0 Å². The smallest absolute Gasteiger partial charge is 0.226 e. The number of carbonyl (C=O) groups excluding carboxylic acids is 1. The Morgan fingerprint density at radius 2 is 1.45 bits per heavy atom. The third-order valence-corrected chi connectivity index (χ3v) is 2.70. The van der Waals surface area contributed by atoms with Crippen molar-refractivity contribution in [2.75, 3.05) is 5.32 Å². The zero-order valence-electron chi connectivity index (χ0n) is 11.6. The fraction of sp³-hybridized carbons (Fsp3) is 0.188. The lowest BCUT2D eigenvalue weighted by atomic mass is 10.2. The van der Waals surface area contributed by atoms with Gasteiger partial charge in [0.25, 0.3) is 0 Å². The van der Waals surface area contributed by atoms with Crippen molar-refractivity contribution in [3.63, 3.8) is 0 Å². The fourth-order valence-electron chi connectivity index (χ4n) is 1.51. The number of azo groups is 1. The third kappa shape index (κ3) is 4.02. The van der Waals surface area contributed by atoms with Gasteiger partial charge in [0.15, 0.2) is 0 Å². The van der Waals surface area contributed by atoms with Crippen molar-refractivity contribution < 1.29 is 4.79 Å². The molecule has 0 aliphatic heterocycles. The van der Waals surface area contributed by atoms with E-state index in [0.717, 1.165) is 17.1 Å². The minimum Gasteiger partial charge on any atom is -0.326 e. The summed E-state index contributed by atoms with van der Waals surface area (Å²) in [6.07, 6.45) is 0. The molecule has 0 aromatic heterocycles. The molecular formula is C16H17N3O. The Morgan fingerprint density at radius 1 is 0.900 bits per heavy atom. The van der Waals surface area contributed by atoms with E-state index in [1.807, 2.05) is 68.4 Å². The van der Waals surface area contributed by atoms with Crippen molar-refractivity contribution in [3.8, 4) is 0 Å². The van der Waals surface area contributed by atoms with E-state index in [2.05, 4.69) is 15.5 Å². The van der Waals surface area contributed by atoms with E-state index in [4.69, 9.17) is 0 Å². The predicted molar refractivity (Wildman–Crippen MR) is 80.5 cm³/mol. The maximum Gasteiger partial charge on any atom is 0.226 e. The molecule has 0 aliphatic rings. The quantitative estimate of drug-likeness (QED) is 0.802. The highest BCUT2D eigenvalue weighted by molar-refractivity contribution is 5.92. The van der Waals surface area contributed by atoms with E-state index < -0.39 is 0 Å². The van der Waals surface area contributed by atoms with Crippen LogP contribution in [0, 0.1) is 5.92 Å². The summed E-state index contributed by atoms with van der Waals surface area (Å²) in [5.74, 6) is -0.0314. The molecule has 0 saturated heterocycles. The van der Waals surface area contributed by atoms with Crippen LogP contribution < -0.4 is 5.32 Å². The van der Waals surface area contributed by atoms with Gasteiger partial charge in [-0.15, -0.1) is 0 Å². The Labute approximate surface area is 118 Å². The third-order valence-electron chi connectivity index (χ3n) is 2.70. The molecule has 0 heterocycles. The lowest BCUT2D eigenvalue weighted by Gasteiger charge is -2.07. The van der Waals surface area contributed by atoms with Crippen LogP contribution in [-0.4, -0.2) is 5.91 Å². The molecule has 0 atom stereocenters. The summed E-state index contributed by atoms with van der Waals surface area (Å²) in [5, 5.41) is 11.1. The van der Waals surface area contributed by atoms with Gasteiger partial charge in [0.1, 0.15) is 0 Å². The number of carbonyl (C=O) groups is 1. The number of amides is 1. The van der Waals surface area contributed by atoms with Gasteiger partial charge in [0.2, 0.25) is 5.91 Å². The molecule has 0 fully saturated rings. The fourth-order valence-corrected chi connectivity index (χ4v) is 1.51. The molecule has 0 saturated carbocycles. The van der Waals surface area contributed by atoms with Crippen LogP contribution in [0.1, 0.15) is 13.8 Å². The molecule has 1 amide bonds. The first-order chi connectivity index (χ1) is 9.65. The Bertz CT molecular complexity index is 589. The van der Waals surface area contributed by atoms with E-state index in [1.54, 1.807) is 0 Å². The summed E-state index contributed by atoms with van der Waals surface area (Å²) in [7, 11) is 0. The molecular weight excluding hydrogens is 250 g/mol. The molecule has 0 unspecified atom stereocenters. The molecule has 2 rings (SSSR count). The number of hydrogen-bond acceptors (Lipinski definition) is 3. The molecule has 0 radical (unpaired) electrons. The lowest BCUT2D eigenvalue weighted by molar-refractivity contribution is -0.118. The minimum atomic E-state index is -0.0348. The van der Waals surface area contributed by atoms with Crippen molar-refractivity contribution in [3.05, 3.63) is 54.6 Å². The van der Waals surface area contributed by atoms with Crippen LogP contribution in [0.15, 0.2) is 64.8 Å². The van der Waals surface area contributed by atoms with Gasteiger partial charge in [-0.05, 0) is 36.4 Å². The Morgan fingerprint density at radius 3 is 2.00 bits per heavy atom. The van der Waals surface area contributed by atoms with E-state index in [1.165, 1.54) is 0 Å². The Kier molecular flexibility index (Phi) is 4.60. The largest absolute Gasteiger partial charge is 0.326 e. The lowest BCUT2D eigenvalue weighted by Crippen LogP contribution is -2.17. The number of hydrogen-bond donors (Lipinski definition) is 1. The highest BCUT2D eigenvalue weighted by atomic mass is 16.1. The molecule has 2 aromatic rings. The molecule has 4 nitrogen and oxygen atoms in total. The van der Waals surface area contributed by atoms with Crippen molar-refractivity contribution in [2.45, 2.75) is 13.8 Å². The zero-order valence-corrected chi connectivity index (χ0v) is 11.6. The normalized spacial score (nSPS) is 10.9. The monoisotopic (exact) mass is 267 g/mol. The van der Waals surface area contributed by atoms with Crippen molar-refractivity contribution in [2.24, 2.45) is 16.1 Å². The summed E-state index contributed by atoms with van der Waals surface area (Å²) in [6.45, 7) is 3.72. The highest BCUT2D eigenvalue weighted by Gasteiger charge is 2.06. The van der Waals surface area contributed by atoms with E-state index in [-0.39, 0.29) is 11.8 Å².